The summed E-state index contributed by atoms with van der Waals surface area (Å²) in [6.07, 6.45) is -10.3. The predicted octanol–water partition coefficient (Wildman–Crippen LogP) is -4.44. The summed E-state index contributed by atoms with van der Waals surface area (Å²) < 4.78 is 9.45. The Kier molecular flexibility index (Phi) is 6.64. The van der Waals surface area contributed by atoms with Gasteiger partial charge in [-0.05, 0) is 6.08 Å². The van der Waals surface area contributed by atoms with Crippen molar-refractivity contribution in [2.45, 2.75) is 43.1 Å². The third-order valence-electron chi connectivity index (χ3n) is 2.84. The number of Topliss-reactive ketones (excluding diaryl/α,β-unsaturated/α-hetero) is 1. The molecule has 2 unspecified atom stereocenters. The topological polar surface area (TPSA) is 177 Å². The lowest BCUT2D eigenvalue weighted by Gasteiger charge is -2.37. The van der Waals surface area contributed by atoms with Gasteiger partial charge in [0.1, 0.15) is 37.1 Å². The molecule has 10 heteroatoms. The molecule has 1 rings (SSSR count). The van der Waals surface area contributed by atoms with Crippen molar-refractivity contribution in [3.63, 3.8) is 0 Å². The van der Waals surface area contributed by atoms with Crippen LogP contribution in [0, 0.1) is 0 Å². The molecule has 1 fully saturated rings. The van der Waals surface area contributed by atoms with Crippen molar-refractivity contribution in [2.24, 2.45) is 0 Å². The maximum absolute atomic E-state index is 10.9. The zero-order valence-corrected chi connectivity index (χ0v) is 10.8. The van der Waals surface area contributed by atoms with Crippen molar-refractivity contribution >= 4 is 5.78 Å². The third kappa shape index (κ3) is 4.43. The normalized spacial score (nSPS) is 36.4. The molecule has 122 valence electrons. The minimum absolute atomic E-state index is 0.767. The summed E-state index contributed by atoms with van der Waals surface area (Å²) >= 11 is 0. The molecule has 0 spiro atoms. The molecule has 1 heterocycles. The average molecular weight is 310 g/mol. The van der Waals surface area contributed by atoms with Gasteiger partial charge in [0.15, 0.2) is 12.1 Å². The number of carbonyl (C=O) groups is 1. The van der Waals surface area contributed by atoms with Crippen molar-refractivity contribution < 1.29 is 50.0 Å². The number of ether oxygens (including phenoxy) is 2. The molecule has 1 aliphatic heterocycles. The summed E-state index contributed by atoms with van der Waals surface area (Å²) in [5, 5.41) is 64.4. The van der Waals surface area contributed by atoms with Crippen LogP contribution in [0.4, 0.5) is 0 Å². The Hall–Kier alpha value is -1.11. The average Bonchev–Trinajstić information content (AvgIpc) is 2.48. The standard InChI is InChI=1S/C11H18O10/c12-3-5(14)6(15)4(13)1-2-20-11-9(18)7(16)8(17)10(19)21-11/h1-2,4,6-13,15-19H,3H2/b2-1+/t4?,6?,7-,8-,9+,10-,11-/m0/s1. The SMILES string of the molecule is O=C(CO)C(O)C(O)/C=C/O[C@H]1O[C@H](O)[C@@H](O)[C@H](O)[C@H]1O. The van der Waals surface area contributed by atoms with Gasteiger partial charge in [-0.3, -0.25) is 4.79 Å². The molecule has 21 heavy (non-hydrogen) atoms. The van der Waals surface area contributed by atoms with E-state index >= 15 is 0 Å². The van der Waals surface area contributed by atoms with Crippen molar-refractivity contribution in [1.82, 2.24) is 0 Å². The summed E-state index contributed by atoms with van der Waals surface area (Å²) in [6, 6.07) is 0. The molecule has 0 bridgehead atoms. The summed E-state index contributed by atoms with van der Waals surface area (Å²) in [4.78, 5) is 10.9. The Bertz CT molecular complexity index is 372. The van der Waals surface area contributed by atoms with Gasteiger partial charge in [0, 0.05) is 0 Å². The number of ketones is 1. The number of rotatable bonds is 6. The summed E-state index contributed by atoms with van der Waals surface area (Å²) in [6.45, 7) is -0.951. The van der Waals surface area contributed by atoms with Crippen LogP contribution < -0.4 is 0 Å². The van der Waals surface area contributed by atoms with E-state index in [1.54, 1.807) is 0 Å². The minimum atomic E-state index is -1.86. The van der Waals surface area contributed by atoms with Crippen LogP contribution in [-0.4, -0.2) is 91.2 Å². The zero-order chi connectivity index (χ0) is 16.2. The van der Waals surface area contributed by atoms with Gasteiger partial charge < -0.3 is 45.2 Å². The van der Waals surface area contributed by atoms with E-state index in [0.29, 0.717) is 0 Å². The van der Waals surface area contributed by atoms with Crippen LogP contribution >= 0.6 is 0 Å². The number of hydrogen-bond acceptors (Lipinski definition) is 10. The largest absolute Gasteiger partial charge is 0.470 e. The molecule has 0 saturated carbocycles. The van der Waals surface area contributed by atoms with Crippen LogP contribution in [0.15, 0.2) is 12.3 Å². The Morgan fingerprint density at radius 1 is 1.14 bits per heavy atom. The number of aliphatic hydroxyl groups excluding tert-OH is 7. The molecule has 1 aliphatic rings. The van der Waals surface area contributed by atoms with Gasteiger partial charge in [-0.2, -0.15) is 0 Å². The Morgan fingerprint density at radius 3 is 2.33 bits per heavy atom. The second-order valence-electron chi connectivity index (χ2n) is 4.39. The highest BCUT2D eigenvalue weighted by atomic mass is 16.7. The van der Waals surface area contributed by atoms with E-state index in [-0.39, 0.29) is 0 Å². The van der Waals surface area contributed by atoms with Crippen LogP contribution in [0.3, 0.4) is 0 Å². The maximum atomic E-state index is 10.9. The van der Waals surface area contributed by atoms with Crippen LogP contribution in [0.5, 0.6) is 0 Å². The number of carbonyl (C=O) groups excluding carboxylic acids is 1. The van der Waals surface area contributed by atoms with Crippen molar-refractivity contribution in [3.05, 3.63) is 12.3 Å². The molecular formula is C11H18O10. The Balaban J connectivity index is 2.54. The van der Waals surface area contributed by atoms with Crippen LogP contribution in [0.1, 0.15) is 0 Å². The van der Waals surface area contributed by atoms with Gasteiger partial charge in [0.25, 0.3) is 0 Å². The fourth-order valence-electron chi connectivity index (χ4n) is 1.54. The molecule has 0 aromatic carbocycles. The highest BCUT2D eigenvalue weighted by Gasteiger charge is 2.43. The summed E-state index contributed by atoms with van der Waals surface area (Å²) in [7, 11) is 0. The summed E-state index contributed by atoms with van der Waals surface area (Å²) in [5.41, 5.74) is 0. The van der Waals surface area contributed by atoms with E-state index in [1.807, 2.05) is 0 Å². The van der Waals surface area contributed by atoms with Crippen LogP contribution in [0.25, 0.3) is 0 Å². The monoisotopic (exact) mass is 310 g/mol. The first-order chi connectivity index (χ1) is 9.79. The van der Waals surface area contributed by atoms with Crippen LogP contribution in [-0.2, 0) is 14.3 Å². The number of hydrogen-bond donors (Lipinski definition) is 7. The van der Waals surface area contributed by atoms with Gasteiger partial charge in [-0.1, -0.05) is 0 Å². The van der Waals surface area contributed by atoms with Crippen molar-refractivity contribution in [1.29, 1.82) is 0 Å². The van der Waals surface area contributed by atoms with E-state index in [2.05, 4.69) is 4.74 Å². The highest BCUT2D eigenvalue weighted by molar-refractivity contribution is 5.84. The molecule has 1 saturated heterocycles. The van der Waals surface area contributed by atoms with Crippen molar-refractivity contribution in [3.8, 4) is 0 Å². The predicted molar refractivity (Wildman–Crippen MR) is 63.2 cm³/mol. The third-order valence-corrected chi connectivity index (χ3v) is 2.84. The second-order valence-corrected chi connectivity index (χ2v) is 4.39. The van der Waals surface area contributed by atoms with E-state index in [0.717, 1.165) is 12.3 Å². The first-order valence-electron chi connectivity index (χ1n) is 5.99. The maximum Gasteiger partial charge on any atom is 0.230 e. The first-order valence-corrected chi connectivity index (χ1v) is 5.99. The Labute approximate surface area is 119 Å². The van der Waals surface area contributed by atoms with Gasteiger partial charge in [-0.15, -0.1) is 0 Å². The van der Waals surface area contributed by atoms with Crippen LogP contribution in [0.2, 0.25) is 0 Å². The molecule has 7 atom stereocenters. The molecule has 0 aromatic heterocycles. The molecular weight excluding hydrogens is 292 g/mol. The van der Waals surface area contributed by atoms with Gasteiger partial charge in [0.2, 0.25) is 6.29 Å². The van der Waals surface area contributed by atoms with Gasteiger partial charge in [-0.25, -0.2) is 0 Å². The quantitative estimate of drug-likeness (QED) is 0.237. The van der Waals surface area contributed by atoms with E-state index in [1.165, 1.54) is 0 Å². The molecule has 0 aliphatic carbocycles. The number of aliphatic hydroxyl groups is 7. The fraction of sp³-hybridized carbons (Fsp3) is 0.727. The van der Waals surface area contributed by atoms with Gasteiger partial charge >= 0.3 is 0 Å². The molecule has 0 aromatic rings. The van der Waals surface area contributed by atoms with Gasteiger partial charge in [0.05, 0.1) is 6.26 Å². The lowest BCUT2D eigenvalue weighted by Crippen LogP contribution is -2.57. The first kappa shape index (κ1) is 17.9. The molecule has 10 nitrogen and oxygen atoms in total. The second kappa shape index (κ2) is 7.77. The lowest BCUT2D eigenvalue weighted by atomic mass is 10.0. The highest BCUT2D eigenvalue weighted by Crippen LogP contribution is 2.20. The smallest absolute Gasteiger partial charge is 0.230 e. The minimum Gasteiger partial charge on any atom is -0.470 e. The van der Waals surface area contributed by atoms with E-state index < -0.39 is 55.5 Å². The Morgan fingerprint density at radius 2 is 1.76 bits per heavy atom. The molecule has 0 amide bonds. The van der Waals surface area contributed by atoms with E-state index in [9.17, 15) is 35.4 Å². The zero-order valence-electron chi connectivity index (χ0n) is 10.8. The molecule has 0 radical (unpaired) electrons. The lowest BCUT2D eigenvalue weighted by molar-refractivity contribution is -0.329. The molecule has 7 N–H and O–H groups in total. The summed E-state index contributed by atoms with van der Waals surface area (Å²) in [5.74, 6) is -1.00. The van der Waals surface area contributed by atoms with Crippen molar-refractivity contribution in [2.75, 3.05) is 6.61 Å². The fourth-order valence-corrected chi connectivity index (χ4v) is 1.54. The van der Waals surface area contributed by atoms with E-state index in [4.69, 9.17) is 9.84 Å².